The van der Waals surface area contributed by atoms with Gasteiger partial charge in [0.05, 0.1) is 11.6 Å². The Kier molecular flexibility index (Phi) is 6.43. The van der Waals surface area contributed by atoms with Crippen LogP contribution in [0.2, 0.25) is 5.02 Å². The summed E-state index contributed by atoms with van der Waals surface area (Å²) in [4.78, 5) is 11.9. The van der Waals surface area contributed by atoms with E-state index in [-0.39, 0.29) is 33.3 Å². The molecule has 1 saturated carbocycles. The second-order valence-corrected chi connectivity index (χ2v) is 13.1. The van der Waals surface area contributed by atoms with Crippen LogP contribution in [0.5, 0.6) is 11.8 Å². The van der Waals surface area contributed by atoms with E-state index in [9.17, 15) is 5.11 Å². The van der Waals surface area contributed by atoms with Crippen LogP contribution in [0.1, 0.15) is 38.5 Å². The van der Waals surface area contributed by atoms with Crippen LogP contribution in [0.4, 0.5) is 10.2 Å². The Balaban J connectivity index is 1.26. The summed E-state index contributed by atoms with van der Waals surface area (Å²) in [6.07, 6.45) is 6.83. The standard InChI is InChI=1S/C33H35ClFN5O2/c34-27-15-26-30(29(35)28(27)25-14-23(41)13-19-3-1-2-4-24(19)25)38-32(39-31(26)40-16-21-5-6-22(17-40)37-21)42-18-33-9-7-20(33)8-11-36-12-10-33/h1-4,13-15,20-22,36-37,41H,5-12,16-18H2. The zero-order valence-corrected chi connectivity index (χ0v) is 24.3. The highest BCUT2D eigenvalue weighted by atomic mass is 35.5. The van der Waals surface area contributed by atoms with Gasteiger partial charge in [-0.25, -0.2) is 4.39 Å². The first-order chi connectivity index (χ1) is 20.5. The fourth-order valence-corrected chi connectivity index (χ4v) is 8.22. The van der Waals surface area contributed by atoms with Gasteiger partial charge in [-0.1, -0.05) is 35.9 Å². The minimum atomic E-state index is -0.529. The summed E-state index contributed by atoms with van der Waals surface area (Å²) < 4.78 is 23.2. The molecule has 42 heavy (non-hydrogen) atoms. The van der Waals surface area contributed by atoms with Gasteiger partial charge in [0.25, 0.3) is 0 Å². The van der Waals surface area contributed by atoms with Crippen molar-refractivity contribution in [2.24, 2.45) is 11.3 Å². The molecule has 4 atom stereocenters. The highest BCUT2D eigenvalue weighted by molar-refractivity contribution is 6.35. The van der Waals surface area contributed by atoms with Crippen molar-refractivity contribution in [1.82, 2.24) is 20.6 Å². The molecule has 8 rings (SSSR count). The maximum absolute atomic E-state index is 16.8. The van der Waals surface area contributed by atoms with Crippen LogP contribution >= 0.6 is 11.6 Å². The molecule has 1 aromatic heterocycles. The van der Waals surface area contributed by atoms with Gasteiger partial charge in [-0.3, -0.25) is 0 Å². The van der Waals surface area contributed by atoms with Gasteiger partial charge < -0.3 is 25.4 Å². The number of halogens is 2. The maximum atomic E-state index is 16.8. The van der Waals surface area contributed by atoms with Crippen molar-refractivity contribution < 1.29 is 14.2 Å². The third-order valence-electron chi connectivity index (χ3n) is 10.3. The van der Waals surface area contributed by atoms with Crippen molar-refractivity contribution in [1.29, 1.82) is 0 Å². The lowest BCUT2D eigenvalue weighted by Gasteiger charge is -2.48. The monoisotopic (exact) mass is 587 g/mol. The predicted octanol–water partition coefficient (Wildman–Crippen LogP) is 6.05. The summed E-state index contributed by atoms with van der Waals surface area (Å²) in [5, 5.41) is 20.2. The molecule has 2 bridgehead atoms. The first-order valence-electron chi connectivity index (χ1n) is 15.2. The number of anilines is 1. The molecular weight excluding hydrogens is 553 g/mol. The number of phenolic OH excluding ortho intramolecular Hbond substituents is 1. The van der Waals surface area contributed by atoms with Crippen molar-refractivity contribution in [3.8, 4) is 22.9 Å². The van der Waals surface area contributed by atoms with Gasteiger partial charge in [0.1, 0.15) is 17.1 Å². The van der Waals surface area contributed by atoms with E-state index in [1.54, 1.807) is 18.2 Å². The molecule has 3 N–H and O–H groups in total. The normalized spacial score (nSPS) is 27.1. The minimum absolute atomic E-state index is 0.0511. The van der Waals surface area contributed by atoms with E-state index >= 15 is 4.39 Å². The number of nitrogens with one attached hydrogen (secondary N) is 2. The second-order valence-electron chi connectivity index (χ2n) is 12.7. The molecular formula is C33H35ClFN5O2. The van der Waals surface area contributed by atoms with E-state index < -0.39 is 5.82 Å². The van der Waals surface area contributed by atoms with Gasteiger partial charge in [-0.05, 0) is 92.1 Å². The Morgan fingerprint density at radius 1 is 1.00 bits per heavy atom. The quantitative estimate of drug-likeness (QED) is 0.262. The number of phenols is 1. The number of piperazine rings is 1. The molecule has 0 spiro atoms. The van der Waals surface area contributed by atoms with Crippen LogP contribution in [0.25, 0.3) is 32.8 Å². The van der Waals surface area contributed by atoms with Gasteiger partial charge in [-0.15, -0.1) is 0 Å². The van der Waals surface area contributed by atoms with Gasteiger partial charge >= 0.3 is 6.01 Å². The first kappa shape index (κ1) is 26.4. The fourth-order valence-electron chi connectivity index (χ4n) is 7.93. The van der Waals surface area contributed by atoms with Gasteiger partial charge in [-0.2, -0.15) is 9.97 Å². The van der Waals surface area contributed by atoms with Crippen molar-refractivity contribution >= 4 is 39.1 Å². The summed E-state index contributed by atoms with van der Waals surface area (Å²) in [6, 6.07) is 13.6. The average Bonchev–Trinajstić information content (AvgIpc) is 3.24. The molecule has 3 aromatic carbocycles. The second kappa shape index (κ2) is 10.2. The number of ether oxygens (including phenoxy) is 1. The Morgan fingerprint density at radius 3 is 2.64 bits per heavy atom. The molecule has 4 heterocycles. The summed E-state index contributed by atoms with van der Waals surface area (Å²) in [5.74, 6) is 0.831. The van der Waals surface area contributed by atoms with Crippen molar-refractivity contribution in [3.05, 3.63) is 53.3 Å². The maximum Gasteiger partial charge on any atom is 0.319 e. The first-order valence-corrected chi connectivity index (χ1v) is 15.6. The molecule has 4 aromatic rings. The summed E-state index contributed by atoms with van der Waals surface area (Å²) in [6.45, 7) is 4.15. The Morgan fingerprint density at radius 2 is 1.83 bits per heavy atom. The van der Waals surface area contributed by atoms with E-state index in [1.165, 1.54) is 6.42 Å². The Labute approximate surface area is 249 Å². The number of aromatic nitrogens is 2. The van der Waals surface area contributed by atoms with Gasteiger partial charge in [0, 0.05) is 41.5 Å². The minimum Gasteiger partial charge on any atom is -0.508 e. The number of benzene rings is 3. The zero-order chi connectivity index (χ0) is 28.4. The molecule has 9 heteroatoms. The molecule has 3 saturated heterocycles. The average molecular weight is 588 g/mol. The SMILES string of the molecule is Oc1cc(-c2c(Cl)cc3c(N4CC5CCC(C4)N5)nc(OCC45CCNCCC4CC5)nc3c2F)c2ccccc2c1. The fraction of sp³-hybridized carbons (Fsp3) is 0.455. The van der Waals surface area contributed by atoms with Gasteiger partial charge in [0.2, 0.25) is 0 Å². The van der Waals surface area contributed by atoms with E-state index in [0.29, 0.717) is 41.4 Å². The lowest BCUT2D eigenvalue weighted by molar-refractivity contribution is -0.0221. The third-order valence-corrected chi connectivity index (χ3v) is 10.6. The van der Waals surface area contributed by atoms with Crippen LogP contribution in [0.15, 0.2) is 42.5 Å². The Bertz CT molecular complexity index is 1690. The number of rotatable bonds is 5. The molecule has 0 amide bonds. The van der Waals surface area contributed by atoms with Crippen LogP contribution in [-0.2, 0) is 0 Å². The Hall–Kier alpha value is -3.20. The summed E-state index contributed by atoms with van der Waals surface area (Å²) >= 11 is 6.89. The summed E-state index contributed by atoms with van der Waals surface area (Å²) in [7, 11) is 0. The highest BCUT2D eigenvalue weighted by Gasteiger charge is 2.47. The van der Waals surface area contributed by atoms with Crippen molar-refractivity contribution in [2.45, 2.75) is 50.6 Å². The van der Waals surface area contributed by atoms with Crippen molar-refractivity contribution in [2.75, 3.05) is 37.7 Å². The van der Waals surface area contributed by atoms with Crippen molar-refractivity contribution in [3.63, 3.8) is 0 Å². The number of hydrogen-bond acceptors (Lipinski definition) is 7. The van der Waals surface area contributed by atoms with E-state index in [1.807, 2.05) is 24.3 Å². The molecule has 4 fully saturated rings. The molecule has 4 unspecified atom stereocenters. The smallest absolute Gasteiger partial charge is 0.319 e. The number of hydrogen-bond donors (Lipinski definition) is 3. The lowest BCUT2D eigenvalue weighted by Crippen LogP contribution is -2.51. The van der Waals surface area contributed by atoms with E-state index in [2.05, 4.69) is 15.5 Å². The van der Waals surface area contributed by atoms with E-state index in [0.717, 1.165) is 69.1 Å². The summed E-state index contributed by atoms with van der Waals surface area (Å²) in [5.41, 5.74) is 1.07. The van der Waals surface area contributed by atoms with Crippen LogP contribution in [-0.4, -0.2) is 59.9 Å². The van der Waals surface area contributed by atoms with Crippen LogP contribution in [0.3, 0.4) is 0 Å². The zero-order valence-electron chi connectivity index (χ0n) is 23.5. The molecule has 4 aliphatic rings. The topological polar surface area (TPSA) is 82.5 Å². The molecule has 7 nitrogen and oxygen atoms in total. The predicted molar refractivity (Wildman–Crippen MR) is 164 cm³/mol. The van der Waals surface area contributed by atoms with Crippen LogP contribution < -0.4 is 20.3 Å². The molecule has 3 aliphatic heterocycles. The highest BCUT2D eigenvalue weighted by Crippen LogP contribution is 2.52. The van der Waals surface area contributed by atoms with Gasteiger partial charge in [0.15, 0.2) is 5.82 Å². The third kappa shape index (κ3) is 4.38. The molecule has 0 radical (unpaired) electrons. The number of nitrogens with zero attached hydrogens (tertiary/aromatic N) is 3. The number of aromatic hydroxyl groups is 1. The number of fused-ring (bicyclic) bond motifs is 5. The molecule has 1 aliphatic carbocycles. The largest absolute Gasteiger partial charge is 0.508 e. The van der Waals surface area contributed by atoms with E-state index in [4.69, 9.17) is 26.3 Å². The lowest BCUT2D eigenvalue weighted by atomic mass is 9.58. The molecule has 218 valence electrons. The van der Waals surface area contributed by atoms with Crippen LogP contribution in [0, 0.1) is 17.2 Å².